The van der Waals surface area contributed by atoms with Crippen LogP contribution in [0.2, 0.25) is 0 Å². The monoisotopic (exact) mass is 312 g/mol. The van der Waals surface area contributed by atoms with Gasteiger partial charge in [0.05, 0.1) is 5.69 Å². The van der Waals surface area contributed by atoms with Crippen LogP contribution in [0.3, 0.4) is 0 Å². The lowest BCUT2D eigenvalue weighted by molar-refractivity contribution is 0.199. The Morgan fingerprint density at radius 2 is 2.09 bits per heavy atom. The molecule has 1 aromatic carbocycles. The lowest BCUT2D eigenvalue weighted by Gasteiger charge is -2.04. The van der Waals surface area contributed by atoms with Crippen LogP contribution in [0.5, 0.6) is 5.75 Å². The number of hydrogen-bond donors (Lipinski definition) is 1. The molecule has 0 bridgehead atoms. The van der Waals surface area contributed by atoms with Gasteiger partial charge >= 0.3 is 6.01 Å². The molecule has 23 heavy (non-hydrogen) atoms. The minimum absolute atomic E-state index is 0.227. The smallest absolute Gasteiger partial charge is 0.315 e. The van der Waals surface area contributed by atoms with E-state index in [2.05, 4.69) is 20.7 Å². The maximum Gasteiger partial charge on any atom is 0.315 e. The van der Waals surface area contributed by atoms with Crippen LogP contribution in [0.15, 0.2) is 33.2 Å². The maximum absolute atomic E-state index is 5.85. The van der Waals surface area contributed by atoms with Gasteiger partial charge in [0.25, 0.3) is 5.89 Å². The van der Waals surface area contributed by atoms with Crippen molar-refractivity contribution in [2.75, 3.05) is 5.32 Å². The molecule has 118 valence electrons. The molecule has 0 unspecified atom stereocenters. The Balaban J connectivity index is 1.44. The van der Waals surface area contributed by atoms with E-state index in [-0.39, 0.29) is 6.10 Å². The van der Waals surface area contributed by atoms with Gasteiger partial charge in [0.15, 0.2) is 6.10 Å². The Kier molecular flexibility index (Phi) is 3.25. The summed E-state index contributed by atoms with van der Waals surface area (Å²) in [4.78, 5) is 0. The average Bonchev–Trinajstić information content (AvgIpc) is 3.25. The molecule has 0 amide bonds. The summed E-state index contributed by atoms with van der Waals surface area (Å²) < 4.78 is 16.6. The second-order valence-electron chi connectivity index (χ2n) is 5.52. The van der Waals surface area contributed by atoms with Crippen molar-refractivity contribution in [2.24, 2.45) is 0 Å². The van der Waals surface area contributed by atoms with Crippen LogP contribution in [-0.4, -0.2) is 15.4 Å². The fraction of sp³-hybridized carbons (Fsp3) is 0.312. The molecule has 0 fully saturated rings. The van der Waals surface area contributed by atoms with Crippen LogP contribution in [0.25, 0.3) is 0 Å². The quantitative estimate of drug-likeness (QED) is 0.792. The van der Waals surface area contributed by atoms with Gasteiger partial charge in [0.2, 0.25) is 0 Å². The second-order valence-corrected chi connectivity index (χ2v) is 5.52. The number of para-hydroxylation sites is 1. The molecule has 2 aromatic heterocycles. The zero-order chi connectivity index (χ0) is 15.8. The Morgan fingerprint density at radius 1 is 1.22 bits per heavy atom. The first kappa shape index (κ1) is 13.8. The van der Waals surface area contributed by atoms with Crippen LogP contribution < -0.4 is 10.1 Å². The summed E-state index contributed by atoms with van der Waals surface area (Å²) in [6.45, 7) is 4.30. The van der Waals surface area contributed by atoms with E-state index >= 15 is 0 Å². The first-order valence-electron chi connectivity index (χ1n) is 7.44. The molecule has 0 saturated heterocycles. The molecule has 0 saturated carbocycles. The van der Waals surface area contributed by atoms with Crippen molar-refractivity contribution >= 4 is 6.01 Å². The molecule has 3 aromatic rings. The van der Waals surface area contributed by atoms with E-state index in [1.807, 2.05) is 38.1 Å². The third kappa shape index (κ3) is 2.54. The Labute approximate surface area is 132 Å². The van der Waals surface area contributed by atoms with E-state index in [0.717, 1.165) is 34.8 Å². The average molecular weight is 312 g/mol. The number of rotatable bonds is 4. The molecule has 4 rings (SSSR count). The number of ether oxygens (including phenoxy) is 1. The van der Waals surface area contributed by atoms with Gasteiger partial charge in [-0.1, -0.05) is 28.5 Å². The number of anilines is 1. The van der Waals surface area contributed by atoms with Crippen molar-refractivity contribution in [1.29, 1.82) is 0 Å². The van der Waals surface area contributed by atoms with Gasteiger partial charge in [-0.25, -0.2) is 0 Å². The van der Waals surface area contributed by atoms with Gasteiger partial charge in [-0.2, -0.15) is 0 Å². The summed E-state index contributed by atoms with van der Waals surface area (Å²) in [5, 5.41) is 15.1. The lowest BCUT2D eigenvalue weighted by atomic mass is 10.1. The number of nitrogens with zero attached hydrogens (tertiary/aromatic N) is 3. The first-order chi connectivity index (χ1) is 11.2. The summed E-state index contributed by atoms with van der Waals surface area (Å²) in [6, 6.07) is 8.30. The Morgan fingerprint density at radius 3 is 2.87 bits per heavy atom. The van der Waals surface area contributed by atoms with Gasteiger partial charge in [-0.05, 0) is 25.5 Å². The number of benzene rings is 1. The zero-order valence-electron chi connectivity index (χ0n) is 12.9. The van der Waals surface area contributed by atoms with E-state index in [9.17, 15) is 0 Å². The number of fused-ring (bicyclic) bond motifs is 1. The summed E-state index contributed by atoms with van der Waals surface area (Å²) in [5.41, 5.74) is 3.00. The summed E-state index contributed by atoms with van der Waals surface area (Å²) in [5.74, 6) is 2.13. The fourth-order valence-electron chi connectivity index (χ4n) is 2.67. The van der Waals surface area contributed by atoms with Crippen LogP contribution >= 0.6 is 0 Å². The molecule has 7 nitrogen and oxygen atoms in total. The molecular formula is C16H16N4O3. The van der Waals surface area contributed by atoms with E-state index in [1.165, 1.54) is 0 Å². The largest absolute Gasteiger partial charge is 0.480 e. The third-order valence-corrected chi connectivity index (χ3v) is 3.96. The Bertz CT molecular complexity index is 795. The first-order valence-corrected chi connectivity index (χ1v) is 7.44. The number of nitrogens with one attached hydrogen (secondary N) is 1. The van der Waals surface area contributed by atoms with Crippen LogP contribution in [0, 0.1) is 13.8 Å². The molecular weight excluding hydrogens is 296 g/mol. The topological polar surface area (TPSA) is 86.2 Å². The number of hydrogen-bond acceptors (Lipinski definition) is 7. The molecule has 7 heteroatoms. The molecule has 1 N–H and O–H groups in total. The van der Waals surface area contributed by atoms with Crippen molar-refractivity contribution in [3.63, 3.8) is 0 Å². The van der Waals surface area contributed by atoms with Crippen LogP contribution in [0.4, 0.5) is 6.01 Å². The van der Waals surface area contributed by atoms with Gasteiger partial charge in [0.1, 0.15) is 11.5 Å². The predicted molar refractivity (Wildman–Crippen MR) is 81.1 cm³/mol. The minimum Gasteiger partial charge on any atom is -0.480 e. The van der Waals surface area contributed by atoms with Crippen molar-refractivity contribution < 1.29 is 13.7 Å². The van der Waals surface area contributed by atoms with Gasteiger partial charge < -0.3 is 19.0 Å². The summed E-state index contributed by atoms with van der Waals surface area (Å²) in [6.07, 6.45) is 0.510. The highest BCUT2D eigenvalue weighted by molar-refractivity contribution is 5.38. The highest BCUT2D eigenvalue weighted by Crippen LogP contribution is 2.36. The van der Waals surface area contributed by atoms with Crippen molar-refractivity contribution in [3.05, 3.63) is 52.7 Å². The Hall–Kier alpha value is -2.83. The van der Waals surface area contributed by atoms with E-state index in [1.54, 1.807) is 0 Å². The molecule has 1 atom stereocenters. The predicted octanol–water partition coefficient (Wildman–Crippen LogP) is 2.96. The highest BCUT2D eigenvalue weighted by atomic mass is 16.5. The van der Waals surface area contributed by atoms with E-state index in [0.29, 0.717) is 18.5 Å². The molecule has 0 aliphatic carbocycles. The van der Waals surface area contributed by atoms with Crippen LogP contribution in [-0.2, 0) is 13.0 Å². The number of aryl methyl sites for hydroxylation is 2. The zero-order valence-corrected chi connectivity index (χ0v) is 12.9. The van der Waals surface area contributed by atoms with Gasteiger partial charge in [-0.3, -0.25) is 0 Å². The van der Waals surface area contributed by atoms with Gasteiger partial charge in [0, 0.05) is 18.5 Å². The highest BCUT2D eigenvalue weighted by Gasteiger charge is 2.28. The third-order valence-electron chi connectivity index (χ3n) is 3.96. The molecule has 3 heterocycles. The number of aromatic nitrogens is 3. The van der Waals surface area contributed by atoms with E-state index < -0.39 is 0 Å². The second kappa shape index (κ2) is 5.42. The SMILES string of the molecule is Cc1noc(C)c1CNc1nnc([C@H]2Cc3ccccc3O2)o1. The van der Waals surface area contributed by atoms with E-state index in [4.69, 9.17) is 13.7 Å². The molecule has 1 aliphatic rings. The summed E-state index contributed by atoms with van der Waals surface area (Å²) >= 11 is 0. The fourth-order valence-corrected chi connectivity index (χ4v) is 2.67. The maximum atomic E-state index is 5.85. The van der Waals surface area contributed by atoms with Gasteiger partial charge in [-0.15, -0.1) is 5.10 Å². The standard InChI is InChI=1S/C16H16N4O3/c1-9-12(10(2)23-20-9)8-17-16-19-18-15(22-16)14-7-11-5-3-4-6-13(11)21-14/h3-6,14H,7-8H2,1-2H3,(H,17,19)/t14-/m1/s1. The van der Waals surface area contributed by atoms with Crippen LogP contribution in [0.1, 0.15) is 34.6 Å². The minimum atomic E-state index is -0.227. The molecule has 1 aliphatic heterocycles. The summed E-state index contributed by atoms with van der Waals surface area (Å²) in [7, 11) is 0. The molecule has 0 radical (unpaired) electrons. The normalized spacial score (nSPS) is 16.2. The molecule has 0 spiro atoms. The van der Waals surface area contributed by atoms with Crippen molar-refractivity contribution in [1.82, 2.24) is 15.4 Å². The lowest BCUT2D eigenvalue weighted by Crippen LogP contribution is -2.03. The van der Waals surface area contributed by atoms with Crippen molar-refractivity contribution in [3.8, 4) is 5.75 Å². The van der Waals surface area contributed by atoms with Crippen molar-refractivity contribution in [2.45, 2.75) is 32.9 Å².